The summed E-state index contributed by atoms with van der Waals surface area (Å²) >= 11 is 0. The van der Waals surface area contributed by atoms with Gasteiger partial charge in [-0.3, -0.25) is 20.2 Å². The molecule has 2 rings (SSSR count). The van der Waals surface area contributed by atoms with Crippen LogP contribution in [-0.4, -0.2) is 34.4 Å². The van der Waals surface area contributed by atoms with Gasteiger partial charge >= 0.3 is 18.1 Å². The second kappa shape index (κ2) is 6.34. The normalized spacial score (nSPS) is 25.4. The molecule has 1 aromatic rings. The number of hydrogen-bond acceptors (Lipinski definition) is 5. The van der Waals surface area contributed by atoms with Gasteiger partial charge in [-0.05, 0) is 23.8 Å². The van der Waals surface area contributed by atoms with Gasteiger partial charge in [0.2, 0.25) is 0 Å². The first-order valence-corrected chi connectivity index (χ1v) is 6.42. The Labute approximate surface area is 127 Å². The summed E-state index contributed by atoms with van der Waals surface area (Å²) in [6, 6.07) is 2.65. The zero-order valence-electron chi connectivity index (χ0n) is 11.4. The first kappa shape index (κ1) is 16.9. The fourth-order valence-electron chi connectivity index (χ4n) is 2.04. The second-order valence-electron chi connectivity index (χ2n) is 4.81. The molecule has 1 amide bonds. The lowest BCUT2D eigenvalue weighted by Crippen LogP contribution is -2.65. The quantitative estimate of drug-likeness (QED) is 0.559. The number of rotatable bonds is 3. The highest BCUT2D eigenvalue weighted by Crippen LogP contribution is 2.29. The molecule has 0 bridgehead atoms. The topological polar surface area (TPSA) is 104 Å². The summed E-state index contributed by atoms with van der Waals surface area (Å²) in [4.78, 5) is 21.2. The zero-order chi connectivity index (χ0) is 17.2. The van der Waals surface area contributed by atoms with Gasteiger partial charge in [0.25, 0.3) is 0 Å². The molecule has 0 radical (unpaired) electrons. The molecule has 1 aliphatic rings. The Kier molecular flexibility index (Phi) is 4.66. The predicted octanol–water partition coefficient (Wildman–Crippen LogP) is 0.728. The monoisotopic (exact) mass is 331 g/mol. The van der Waals surface area contributed by atoms with Crippen molar-refractivity contribution in [3.63, 3.8) is 0 Å². The van der Waals surface area contributed by atoms with E-state index < -0.39 is 41.0 Å². The number of benzene rings is 1. The van der Waals surface area contributed by atoms with Crippen molar-refractivity contribution in [2.24, 2.45) is 0 Å². The average molecular weight is 331 g/mol. The molecule has 10 heteroatoms. The lowest BCUT2D eigenvalue weighted by atomic mass is 10.1. The minimum absolute atomic E-state index is 0.224. The van der Waals surface area contributed by atoms with Crippen molar-refractivity contribution in [3.8, 4) is 0 Å². The summed E-state index contributed by atoms with van der Waals surface area (Å²) in [6.07, 6.45) is -4.53. The van der Waals surface area contributed by atoms with E-state index in [1.165, 1.54) is 24.3 Å². The summed E-state index contributed by atoms with van der Waals surface area (Å²) in [5.74, 6) is -0.986. The number of halogens is 3. The number of aliphatic hydroxyl groups excluding tert-OH is 1. The van der Waals surface area contributed by atoms with Crippen LogP contribution in [0.15, 0.2) is 30.3 Å². The van der Waals surface area contributed by atoms with E-state index in [0.717, 1.165) is 12.1 Å². The van der Waals surface area contributed by atoms with Gasteiger partial charge < -0.3 is 10.4 Å². The maximum atomic E-state index is 12.6. The third-order valence-corrected chi connectivity index (χ3v) is 3.14. The molecule has 3 N–H and O–H groups in total. The maximum Gasteiger partial charge on any atom is 0.416 e. The van der Waals surface area contributed by atoms with Gasteiger partial charge in [-0.2, -0.15) is 13.2 Å². The summed E-state index contributed by atoms with van der Waals surface area (Å²) in [5, 5.41) is 24.7. The highest BCUT2D eigenvalue weighted by Gasteiger charge is 2.43. The highest BCUT2D eigenvalue weighted by molar-refractivity contribution is 5.82. The Hall–Kier alpha value is -2.46. The first-order chi connectivity index (χ1) is 10.7. The summed E-state index contributed by atoms with van der Waals surface area (Å²) in [7, 11) is 0. The number of hydrogen-bond donors (Lipinski definition) is 3. The second-order valence-corrected chi connectivity index (χ2v) is 4.81. The molecule has 7 nitrogen and oxygen atoms in total. The molecule has 3 atom stereocenters. The largest absolute Gasteiger partial charge is 0.416 e. The van der Waals surface area contributed by atoms with Gasteiger partial charge in [-0.1, -0.05) is 18.2 Å². The van der Waals surface area contributed by atoms with Crippen LogP contribution in [-0.2, 0) is 11.0 Å². The van der Waals surface area contributed by atoms with E-state index >= 15 is 0 Å². The molecule has 3 unspecified atom stereocenters. The number of aliphatic hydroxyl groups is 1. The number of nitrogens with one attached hydrogen (secondary N) is 2. The Balaban J connectivity index is 2.10. The SMILES string of the molecule is O=C1NC(/C=C/c2cccc(C(F)(F)F)c2)NC(O)C1[N+](=O)[O-]. The molecular formula is C13H12F3N3O4. The summed E-state index contributed by atoms with van der Waals surface area (Å²) < 4.78 is 37.8. The van der Waals surface area contributed by atoms with E-state index in [-0.39, 0.29) is 5.56 Å². The molecule has 1 heterocycles. The van der Waals surface area contributed by atoms with Crippen LogP contribution >= 0.6 is 0 Å². The third kappa shape index (κ3) is 4.05. The maximum absolute atomic E-state index is 12.6. The number of carbonyl (C=O) groups excluding carboxylic acids is 1. The van der Waals surface area contributed by atoms with Crippen LogP contribution in [0.5, 0.6) is 0 Å². The van der Waals surface area contributed by atoms with Gasteiger partial charge in [-0.15, -0.1) is 0 Å². The molecular weight excluding hydrogens is 319 g/mol. The Bertz CT molecular complexity index is 648. The number of carbonyl (C=O) groups is 1. The first-order valence-electron chi connectivity index (χ1n) is 6.42. The van der Waals surface area contributed by atoms with Crippen molar-refractivity contribution in [2.45, 2.75) is 24.6 Å². The van der Waals surface area contributed by atoms with E-state index in [9.17, 15) is 33.2 Å². The number of alkyl halides is 3. The van der Waals surface area contributed by atoms with Gasteiger partial charge in [0.1, 0.15) is 6.17 Å². The van der Waals surface area contributed by atoms with Crippen molar-refractivity contribution >= 4 is 12.0 Å². The van der Waals surface area contributed by atoms with Crippen LogP contribution in [0.4, 0.5) is 13.2 Å². The van der Waals surface area contributed by atoms with Crippen molar-refractivity contribution in [1.82, 2.24) is 10.6 Å². The lowest BCUT2D eigenvalue weighted by molar-refractivity contribution is -0.522. The van der Waals surface area contributed by atoms with Crippen molar-refractivity contribution in [3.05, 3.63) is 51.6 Å². The highest BCUT2D eigenvalue weighted by atomic mass is 19.4. The van der Waals surface area contributed by atoms with E-state index in [0.29, 0.717) is 0 Å². The minimum atomic E-state index is -4.48. The van der Waals surface area contributed by atoms with Gasteiger partial charge in [-0.25, -0.2) is 0 Å². The molecule has 1 aromatic carbocycles. The van der Waals surface area contributed by atoms with Crippen molar-refractivity contribution in [2.75, 3.05) is 0 Å². The average Bonchev–Trinajstić information content (AvgIpc) is 2.43. The number of nitro groups is 1. The third-order valence-electron chi connectivity index (χ3n) is 3.14. The van der Waals surface area contributed by atoms with Crippen LogP contribution in [0.3, 0.4) is 0 Å². The van der Waals surface area contributed by atoms with E-state index in [2.05, 4.69) is 10.6 Å². The molecule has 23 heavy (non-hydrogen) atoms. The Morgan fingerprint density at radius 2 is 2.04 bits per heavy atom. The van der Waals surface area contributed by atoms with E-state index in [1.54, 1.807) is 0 Å². The zero-order valence-corrected chi connectivity index (χ0v) is 11.4. The molecule has 0 aliphatic carbocycles. The van der Waals surface area contributed by atoms with E-state index in [1.807, 2.05) is 0 Å². The fraction of sp³-hybridized carbons (Fsp3) is 0.308. The minimum Gasteiger partial charge on any atom is -0.371 e. The molecule has 1 fully saturated rings. The standard InChI is InChI=1S/C13H12F3N3O4/c14-13(15,16)8-3-1-2-7(6-8)4-5-9-17-11(20)10(19(22)23)12(21)18-9/h1-6,9-11,17,20H,(H,18,21)/b5-4+. The Morgan fingerprint density at radius 3 is 2.61 bits per heavy atom. The van der Waals surface area contributed by atoms with Crippen molar-refractivity contribution < 1.29 is 28.0 Å². The molecule has 1 saturated heterocycles. The predicted molar refractivity (Wildman–Crippen MR) is 72.3 cm³/mol. The van der Waals surface area contributed by atoms with Gasteiger partial charge in [0.05, 0.1) is 5.56 Å². The van der Waals surface area contributed by atoms with Crippen LogP contribution in [0.1, 0.15) is 11.1 Å². The summed E-state index contributed by atoms with van der Waals surface area (Å²) in [5.41, 5.74) is -0.601. The number of nitrogens with zero attached hydrogens (tertiary/aromatic N) is 1. The molecule has 124 valence electrons. The fourth-order valence-corrected chi connectivity index (χ4v) is 2.04. The van der Waals surface area contributed by atoms with Crippen LogP contribution in [0.2, 0.25) is 0 Å². The molecule has 0 spiro atoms. The molecule has 0 aromatic heterocycles. The van der Waals surface area contributed by atoms with Gasteiger partial charge in [0, 0.05) is 4.92 Å². The van der Waals surface area contributed by atoms with E-state index in [4.69, 9.17) is 0 Å². The van der Waals surface area contributed by atoms with Gasteiger partial charge in [0.15, 0.2) is 6.23 Å². The smallest absolute Gasteiger partial charge is 0.371 e. The van der Waals surface area contributed by atoms with Crippen LogP contribution < -0.4 is 10.6 Å². The summed E-state index contributed by atoms with van der Waals surface area (Å²) in [6.45, 7) is 0. The lowest BCUT2D eigenvalue weighted by Gasteiger charge is -2.28. The van der Waals surface area contributed by atoms with Crippen LogP contribution in [0.25, 0.3) is 6.08 Å². The molecule has 1 aliphatic heterocycles. The number of amides is 1. The molecule has 0 saturated carbocycles. The van der Waals surface area contributed by atoms with Crippen molar-refractivity contribution in [1.29, 1.82) is 0 Å². The van der Waals surface area contributed by atoms with Crippen LogP contribution in [0, 0.1) is 10.1 Å². The Morgan fingerprint density at radius 1 is 1.35 bits per heavy atom.